The Bertz CT molecular complexity index is 694. The molecule has 0 bridgehead atoms. The Balaban J connectivity index is 2.33. The van der Waals surface area contributed by atoms with Gasteiger partial charge in [-0.25, -0.2) is 0 Å². The highest BCUT2D eigenvalue weighted by atomic mass is 35.5. The van der Waals surface area contributed by atoms with Crippen LogP contribution in [0.25, 0.3) is 0 Å². The first-order valence-electron chi connectivity index (χ1n) is 5.02. The van der Waals surface area contributed by atoms with Gasteiger partial charge in [-0.05, 0) is 12.1 Å². The monoisotopic (exact) mass is 352 g/mol. The van der Waals surface area contributed by atoms with E-state index >= 15 is 0 Å². The van der Waals surface area contributed by atoms with Gasteiger partial charge in [-0.15, -0.1) is 0 Å². The Morgan fingerprint density at radius 3 is 2.35 bits per heavy atom. The predicted octanol–water partition coefficient (Wildman–Crippen LogP) is 5.40. The van der Waals surface area contributed by atoms with Gasteiger partial charge in [0.1, 0.15) is 15.8 Å². The van der Waals surface area contributed by atoms with Crippen LogP contribution in [0.3, 0.4) is 0 Å². The summed E-state index contributed by atoms with van der Waals surface area (Å²) in [7, 11) is 0. The molecule has 0 fully saturated rings. The Labute approximate surface area is 133 Å². The second kappa shape index (κ2) is 6.01. The lowest BCUT2D eigenvalue weighted by atomic mass is 10.3. The van der Waals surface area contributed by atoms with Crippen LogP contribution < -0.4 is 4.74 Å². The molecule has 0 spiro atoms. The van der Waals surface area contributed by atoms with Crippen LogP contribution in [0.5, 0.6) is 11.6 Å². The molecule has 1 heterocycles. The molecule has 0 radical (unpaired) electrons. The highest BCUT2D eigenvalue weighted by Gasteiger charge is 2.15. The van der Waals surface area contributed by atoms with Crippen LogP contribution in [0.4, 0.5) is 5.69 Å². The Morgan fingerprint density at radius 2 is 1.75 bits per heavy atom. The zero-order valence-corrected chi connectivity index (χ0v) is 12.5. The van der Waals surface area contributed by atoms with Crippen molar-refractivity contribution in [3.63, 3.8) is 0 Å². The number of nitro benzene ring substituents is 1. The quantitative estimate of drug-likeness (QED) is 0.421. The predicted molar refractivity (Wildman–Crippen MR) is 77.4 cm³/mol. The first-order valence-corrected chi connectivity index (χ1v) is 6.53. The average molecular weight is 354 g/mol. The minimum atomic E-state index is -0.601. The molecule has 0 amide bonds. The molecule has 9 heteroatoms. The molecule has 5 nitrogen and oxygen atoms in total. The van der Waals surface area contributed by atoms with Gasteiger partial charge in [0.15, 0.2) is 5.15 Å². The van der Waals surface area contributed by atoms with E-state index in [2.05, 4.69) is 4.98 Å². The first-order chi connectivity index (χ1) is 9.38. The van der Waals surface area contributed by atoms with Crippen LogP contribution in [0.1, 0.15) is 0 Å². The van der Waals surface area contributed by atoms with E-state index in [-0.39, 0.29) is 37.5 Å². The molecule has 20 heavy (non-hydrogen) atoms. The van der Waals surface area contributed by atoms with Gasteiger partial charge in [0.25, 0.3) is 5.69 Å². The number of pyridine rings is 1. The molecule has 104 valence electrons. The third kappa shape index (κ3) is 3.24. The number of nitro groups is 1. The van der Waals surface area contributed by atoms with Gasteiger partial charge in [0.2, 0.25) is 5.88 Å². The first kappa shape index (κ1) is 15.1. The Hall–Kier alpha value is -1.27. The number of rotatable bonds is 3. The fourth-order valence-corrected chi connectivity index (χ4v) is 2.08. The summed E-state index contributed by atoms with van der Waals surface area (Å²) in [5.41, 5.74) is -0.229. The van der Waals surface area contributed by atoms with E-state index in [1.807, 2.05) is 0 Å². The number of hydrogen-bond donors (Lipinski definition) is 0. The second-order valence-corrected chi connectivity index (χ2v) is 5.10. The number of ether oxygens (including phenoxy) is 1. The lowest BCUT2D eigenvalue weighted by molar-refractivity contribution is -0.384. The van der Waals surface area contributed by atoms with E-state index in [0.717, 1.165) is 0 Å². The normalized spacial score (nSPS) is 10.4. The van der Waals surface area contributed by atoms with E-state index in [9.17, 15) is 10.1 Å². The molecule has 0 saturated heterocycles. The summed E-state index contributed by atoms with van der Waals surface area (Å²) >= 11 is 23.2. The van der Waals surface area contributed by atoms with Crippen molar-refractivity contribution < 1.29 is 9.66 Å². The van der Waals surface area contributed by atoms with Gasteiger partial charge >= 0.3 is 0 Å². The van der Waals surface area contributed by atoms with Gasteiger partial charge in [-0.2, -0.15) is 4.98 Å². The molecule has 0 aliphatic rings. The van der Waals surface area contributed by atoms with Crippen molar-refractivity contribution >= 4 is 52.1 Å². The molecule has 2 rings (SSSR count). The maximum atomic E-state index is 10.6. The van der Waals surface area contributed by atoms with Crippen molar-refractivity contribution in [3.05, 3.63) is 54.6 Å². The van der Waals surface area contributed by atoms with Crippen LogP contribution in [0.15, 0.2) is 24.3 Å². The standard InChI is InChI=1S/C11H4Cl4N2O3/c12-6-3-5(1-2-9(6)17(18)19)20-11-8(14)4-7(13)10(15)16-11/h1-4H. The smallest absolute Gasteiger partial charge is 0.288 e. The highest BCUT2D eigenvalue weighted by Crippen LogP contribution is 2.35. The van der Waals surface area contributed by atoms with Crippen molar-refractivity contribution in [3.8, 4) is 11.6 Å². The summed E-state index contributed by atoms with van der Waals surface area (Å²) in [6.07, 6.45) is 0. The molecular formula is C11H4Cl4N2O3. The third-order valence-corrected chi connectivity index (χ3v) is 3.43. The van der Waals surface area contributed by atoms with Crippen molar-refractivity contribution in [2.45, 2.75) is 0 Å². The minimum Gasteiger partial charge on any atom is -0.437 e. The lowest BCUT2D eigenvalue weighted by Gasteiger charge is -2.08. The van der Waals surface area contributed by atoms with Gasteiger partial charge < -0.3 is 4.74 Å². The van der Waals surface area contributed by atoms with Crippen LogP contribution in [-0.4, -0.2) is 9.91 Å². The summed E-state index contributed by atoms with van der Waals surface area (Å²) in [5, 5.41) is 10.9. The van der Waals surface area contributed by atoms with Crippen LogP contribution in [-0.2, 0) is 0 Å². The summed E-state index contributed by atoms with van der Waals surface area (Å²) in [5.74, 6) is 0.249. The molecule has 0 N–H and O–H groups in total. The number of hydrogen-bond acceptors (Lipinski definition) is 4. The van der Waals surface area contributed by atoms with Gasteiger partial charge in [-0.3, -0.25) is 10.1 Å². The molecule has 0 atom stereocenters. The maximum absolute atomic E-state index is 10.6. The van der Waals surface area contributed by atoms with Gasteiger partial charge in [0, 0.05) is 12.1 Å². The Morgan fingerprint density at radius 1 is 1.05 bits per heavy atom. The molecule has 0 saturated carbocycles. The third-order valence-electron chi connectivity index (χ3n) is 2.18. The summed E-state index contributed by atoms with van der Waals surface area (Å²) in [6, 6.07) is 5.23. The number of halogens is 4. The van der Waals surface area contributed by atoms with E-state index < -0.39 is 4.92 Å². The Kier molecular flexibility index (Phi) is 4.55. The largest absolute Gasteiger partial charge is 0.437 e. The number of nitrogens with zero attached hydrogens (tertiary/aromatic N) is 2. The molecule has 2 aromatic rings. The van der Waals surface area contributed by atoms with Crippen LogP contribution in [0, 0.1) is 10.1 Å². The van der Waals surface area contributed by atoms with Crippen molar-refractivity contribution in [2.24, 2.45) is 0 Å². The minimum absolute atomic E-state index is 0.0194. The molecule has 0 aliphatic carbocycles. The maximum Gasteiger partial charge on any atom is 0.288 e. The number of benzene rings is 1. The van der Waals surface area contributed by atoms with Crippen molar-refractivity contribution in [1.82, 2.24) is 4.98 Å². The van der Waals surface area contributed by atoms with E-state index in [1.54, 1.807) is 0 Å². The van der Waals surface area contributed by atoms with E-state index in [4.69, 9.17) is 51.1 Å². The second-order valence-electron chi connectivity index (χ2n) is 3.52. The summed E-state index contributed by atoms with van der Waals surface area (Å²) in [4.78, 5) is 13.9. The fourth-order valence-electron chi connectivity index (χ4n) is 1.31. The molecular weight excluding hydrogens is 350 g/mol. The zero-order valence-electron chi connectivity index (χ0n) is 9.44. The van der Waals surface area contributed by atoms with Gasteiger partial charge in [0.05, 0.1) is 9.95 Å². The molecule has 1 aromatic carbocycles. The molecule has 0 aliphatic heterocycles. The average Bonchev–Trinajstić information content (AvgIpc) is 2.35. The van der Waals surface area contributed by atoms with Crippen LogP contribution in [0.2, 0.25) is 20.2 Å². The fraction of sp³-hybridized carbons (Fsp3) is 0. The number of aromatic nitrogens is 1. The van der Waals surface area contributed by atoms with E-state index in [1.165, 1.54) is 24.3 Å². The van der Waals surface area contributed by atoms with Crippen molar-refractivity contribution in [1.29, 1.82) is 0 Å². The summed E-state index contributed by atoms with van der Waals surface area (Å²) in [6.45, 7) is 0. The lowest BCUT2D eigenvalue weighted by Crippen LogP contribution is -1.92. The summed E-state index contributed by atoms with van der Waals surface area (Å²) < 4.78 is 5.37. The molecule has 1 aromatic heterocycles. The SMILES string of the molecule is O=[N+]([O-])c1ccc(Oc2nc(Cl)c(Cl)cc2Cl)cc1Cl. The molecule has 0 unspecified atom stereocenters. The topological polar surface area (TPSA) is 65.3 Å². The highest BCUT2D eigenvalue weighted by molar-refractivity contribution is 6.42. The van der Waals surface area contributed by atoms with E-state index in [0.29, 0.717) is 0 Å². The van der Waals surface area contributed by atoms with Gasteiger partial charge in [-0.1, -0.05) is 46.4 Å². The van der Waals surface area contributed by atoms with Crippen LogP contribution >= 0.6 is 46.4 Å². The zero-order chi connectivity index (χ0) is 14.9. The van der Waals surface area contributed by atoms with Crippen molar-refractivity contribution in [2.75, 3.05) is 0 Å².